The number of hydrogen-bond acceptors (Lipinski definition) is 8. The molecule has 5 aliphatic rings. The number of aryl methyl sites for hydroxylation is 1. The van der Waals surface area contributed by atoms with Gasteiger partial charge in [-0.1, -0.05) is 31.0 Å². The van der Waals surface area contributed by atoms with Gasteiger partial charge in [0.2, 0.25) is 10.0 Å². The third-order valence-electron chi connectivity index (χ3n) is 13.0. The molecular formula is C39H54ClN3O6S. The number of benzene rings is 2. The van der Waals surface area contributed by atoms with Crippen LogP contribution in [-0.2, 0) is 31.3 Å². The second-order valence-corrected chi connectivity index (χ2v) is 18.9. The van der Waals surface area contributed by atoms with Crippen molar-refractivity contribution in [1.82, 2.24) is 9.62 Å². The van der Waals surface area contributed by atoms with Crippen LogP contribution in [0.5, 0.6) is 5.75 Å². The number of carbonyl (C=O) groups is 1. The number of likely N-dealkylation sites (N-methyl/N-ethyl adjacent to an activating group) is 1. The lowest BCUT2D eigenvalue weighted by molar-refractivity contribution is -0.260. The molecule has 2 aromatic carbocycles. The Kier molecular flexibility index (Phi) is 10.00. The van der Waals surface area contributed by atoms with Gasteiger partial charge in [0.05, 0.1) is 36.3 Å². The lowest BCUT2D eigenvalue weighted by Crippen LogP contribution is -2.57. The van der Waals surface area contributed by atoms with Gasteiger partial charge < -0.3 is 19.1 Å². The number of nitrogens with one attached hydrogen (secondary N) is 1. The van der Waals surface area contributed by atoms with Crippen molar-refractivity contribution in [2.75, 3.05) is 51.9 Å². The summed E-state index contributed by atoms with van der Waals surface area (Å²) in [7, 11) is 0.230. The Morgan fingerprint density at radius 3 is 2.46 bits per heavy atom. The number of anilines is 1. The predicted molar refractivity (Wildman–Crippen MR) is 197 cm³/mol. The van der Waals surface area contributed by atoms with Gasteiger partial charge in [0.1, 0.15) is 5.75 Å². The van der Waals surface area contributed by atoms with E-state index in [1.807, 2.05) is 25.1 Å². The molecule has 11 heteroatoms. The standard InChI is InChI=1S/C39H54ClN3O6S/c1-25-8-6-10-32(37-48-22-38(3,23-49-37)42(4)5)31-14-11-29(31)20-43-21-39(17-7-9-27-18-30(40)13-15-33(27)39)24-47-35-16-12-28(19-34(35)43)36(44)41-50(45,46)26(25)2/h12-13,15-16,18-19,25-26,29,31-32,37H,6-11,14,17,20-24H2,1-5H3,(H,41,44)/t25-,26+,29-,31+,32+,37?,38?,39-/m0/s1. The Morgan fingerprint density at radius 2 is 1.74 bits per heavy atom. The van der Waals surface area contributed by atoms with Crippen molar-refractivity contribution in [2.24, 2.45) is 23.7 Å². The van der Waals surface area contributed by atoms with Crippen molar-refractivity contribution >= 4 is 33.2 Å². The van der Waals surface area contributed by atoms with Crippen LogP contribution < -0.4 is 14.4 Å². The summed E-state index contributed by atoms with van der Waals surface area (Å²) in [5, 5.41) is 0.0250. The number of hydrogen-bond donors (Lipinski definition) is 1. The van der Waals surface area contributed by atoms with Crippen molar-refractivity contribution in [3.63, 3.8) is 0 Å². The molecule has 2 aromatic rings. The van der Waals surface area contributed by atoms with Crippen molar-refractivity contribution in [2.45, 2.75) is 94.6 Å². The lowest BCUT2D eigenvalue weighted by Gasteiger charge is -2.50. The zero-order chi connectivity index (χ0) is 35.4. The van der Waals surface area contributed by atoms with E-state index in [9.17, 15) is 13.2 Å². The number of ether oxygens (including phenoxy) is 3. The number of amides is 1. The third-order valence-corrected chi connectivity index (χ3v) is 15.2. The summed E-state index contributed by atoms with van der Waals surface area (Å²) in [5.41, 5.74) is 3.29. The van der Waals surface area contributed by atoms with Crippen LogP contribution in [0.4, 0.5) is 5.69 Å². The first-order valence-corrected chi connectivity index (χ1v) is 20.5. The average molecular weight is 728 g/mol. The number of carbonyl (C=O) groups excluding carboxylic acids is 1. The SMILES string of the molecule is C[C@@H]1[C@@H](C)CCC[C@@H](C2OCC(C)(N(C)C)CO2)[C@@H]2CC[C@H]2CN2C[C@@]3(CCCc4cc(Cl)ccc43)COc3ccc(cc32)C(=O)NS1(=O)=O. The molecule has 1 saturated heterocycles. The van der Waals surface area contributed by atoms with E-state index >= 15 is 0 Å². The lowest BCUT2D eigenvalue weighted by atomic mass is 9.64. The van der Waals surface area contributed by atoms with Gasteiger partial charge in [0.15, 0.2) is 6.29 Å². The van der Waals surface area contributed by atoms with E-state index in [1.54, 1.807) is 13.0 Å². The number of sulfonamides is 1. The minimum atomic E-state index is -3.91. The summed E-state index contributed by atoms with van der Waals surface area (Å²) in [6.45, 7) is 9.13. The summed E-state index contributed by atoms with van der Waals surface area (Å²) in [6.07, 6.45) is 7.44. The zero-order valence-electron chi connectivity index (χ0n) is 30.3. The molecule has 7 rings (SSSR count). The topological polar surface area (TPSA) is 97.4 Å². The molecule has 1 N–H and O–H groups in total. The van der Waals surface area contributed by atoms with Gasteiger partial charge in [0, 0.05) is 35.0 Å². The van der Waals surface area contributed by atoms with Crippen LogP contribution in [0.25, 0.3) is 0 Å². The van der Waals surface area contributed by atoms with Crippen LogP contribution in [0.15, 0.2) is 36.4 Å². The summed E-state index contributed by atoms with van der Waals surface area (Å²) in [4.78, 5) is 18.2. The maximum absolute atomic E-state index is 13.6. The molecule has 1 amide bonds. The molecule has 0 unspecified atom stereocenters. The normalized spacial score (nSPS) is 36.0. The second-order valence-electron chi connectivity index (χ2n) is 16.4. The van der Waals surface area contributed by atoms with Gasteiger partial charge in [-0.15, -0.1) is 0 Å². The Balaban J connectivity index is 1.27. The fourth-order valence-electron chi connectivity index (χ4n) is 9.09. The molecule has 50 heavy (non-hydrogen) atoms. The van der Waals surface area contributed by atoms with Crippen molar-refractivity contribution < 1.29 is 27.4 Å². The van der Waals surface area contributed by atoms with E-state index in [0.717, 1.165) is 80.9 Å². The molecule has 1 spiro atoms. The number of halogens is 1. The molecule has 2 bridgehead atoms. The fraction of sp³-hybridized carbons (Fsp3) is 0.667. The Labute approximate surface area is 303 Å². The quantitative estimate of drug-likeness (QED) is 0.379. The van der Waals surface area contributed by atoms with Gasteiger partial charge >= 0.3 is 0 Å². The van der Waals surface area contributed by atoms with Crippen LogP contribution >= 0.6 is 11.6 Å². The van der Waals surface area contributed by atoms with Crippen LogP contribution in [0, 0.1) is 23.7 Å². The van der Waals surface area contributed by atoms with E-state index in [1.165, 1.54) is 11.1 Å². The van der Waals surface area contributed by atoms with Gasteiger partial charge in [-0.2, -0.15) is 0 Å². The van der Waals surface area contributed by atoms with E-state index in [4.69, 9.17) is 25.8 Å². The van der Waals surface area contributed by atoms with Crippen LogP contribution in [-0.4, -0.2) is 83.3 Å². The summed E-state index contributed by atoms with van der Waals surface area (Å²) in [6, 6.07) is 11.6. The fourth-order valence-corrected chi connectivity index (χ4v) is 10.6. The average Bonchev–Trinajstić information content (AvgIpc) is 3.22. The first-order valence-electron chi connectivity index (χ1n) is 18.6. The maximum Gasteiger partial charge on any atom is 0.264 e. The molecule has 3 aliphatic heterocycles. The highest BCUT2D eigenvalue weighted by Gasteiger charge is 2.48. The van der Waals surface area contributed by atoms with Crippen LogP contribution in [0.2, 0.25) is 5.02 Å². The molecule has 1 saturated carbocycles. The van der Waals surface area contributed by atoms with E-state index in [0.29, 0.717) is 37.2 Å². The van der Waals surface area contributed by atoms with Crippen molar-refractivity contribution in [1.29, 1.82) is 0 Å². The Bertz CT molecular complexity index is 1690. The molecule has 3 heterocycles. The monoisotopic (exact) mass is 727 g/mol. The first-order chi connectivity index (χ1) is 23.8. The molecule has 0 radical (unpaired) electrons. The van der Waals surface area contributed by atoms with Crippen LogP contribution in [0.1, 0.15) is 87.2 Å². The number of nitrogens with zero attached hydrogens (tertiary/aromatic N) is 2. The smallest absolute Gasteiger partial charge is 0.264 e. The molecule has 2 fully saturated rings. The molecule has 6 atom stereocenters. The van der Waals surface area contributed by atoms with E-state index < -0.39 is 21.2 Å². The third kappa shape index (κ3) is 6.80. The summed E-state index contributed by atoms with van der Waals surface area (Å²) < 4.78 is 49.3. The highest BCUT2D eigenvalue weighted by atomic mass is 35.5. The van der Waals surface area contributed by atoms with Gasteiger partial charge in [-0.25, -0.2) is 13.1 Å². The number of fused-ring (bicyclic) bond motifs is 4. The zero-order valence-corrected chi connectivity index (χ0v) is 31.8. The molecular weight excluding hydrogens is 674 g/mol. The summed E-state index contributed by atoms with van der Waals surface area (Å²) >= 11 is 6.48. The largest absolute Gasteiger partial charge is 0.490 e. The van der Waals surface area contributed by atoms with Gasteiger partial charge in [-0.05, 0) is 132 Å². The van der Waals surface area contributed by atoms with Crippen LogP contribution in [0.3, 0.4) is 0 Å². The minimum Gasteiger partial charge on any atom is -0.490 e. The molecule has 9 nitrogen and oxygen atoms in total. The first kappa shape index (κ1) is 36.0. The van der Waals surface area contributed by atoms with Gasteiger partial charge in [-0.3, -0.25) is 9.69 Å². The van der Waals surface area contributed by atoms with Crippen molar-refractivity contribution in [3.05, 3.63) is 58.1 Å². The molecule has 0 aromatic heterocycles. The summed E-state index contributed by atoms with van der Waals surface area (Å²) in [5.74, 6) is 1.01. The predicted octanol–water partition coefficient (Wildman–Crippen LogP) is 6.42. The van der Waals surface area contributed by atoms with E-state index in [2.05, 4.69) is 47.7 Å². The Morgan fingerprint density at radius 1 is 0.960 bits per heavy atom. The number of rotatable bonds is 2. The highest BCUT2D eigenvalue weighted by molar-refractivity contribution is 7.90. The minimum absolute atomic E-state index is 0.128. The molecule has 274 valence electrons. The van der Waals surface area contributed by atoms with Gasteiger partial charge in [0.25, 0.3) is 5.91 Å². The maximum atomic E-state index is 13.6. The second kappa shape index (κ2) is 13.9. The Hall–Kier alpha value is -2.37. The highest BCUT2D eigenvalue weighted by Crippen LogP contribution is 2.49. The molecule has 2 aliphatic carbocycles. The van der Waals surface area contributed by atoms with Crippen molar-refractivity contribution in [3.8, 4) is 5.75 Å². The van der Waals surface area contributed by atoms with E-state index in [-0.39, 0.29) is 29.1 Å².